The molecule has 150 heavy (non-hydrogen) atoms. The lowest BCUT2D eigenvalue weighted by Crippen LogP contribution is -2.14. The van der Waals surface area contributed by atoms with Crippen LogP contribution in [-0.4, -0.2) is 8.42 Å². The zero-order valence-electron chi connectivity index (χ0n) is 91.3. The van der Waals surface area contributed by atoms with E-state index in [1.54, 1.807) is 83.1 Å². The standard InChI is InChI=1S/C30H26.C28H26.C22H27F3.C22H22.C14H14O2S.C12H6N4.C10H11N.CH4/c1-19-13-20(2)16-23(15-19)29-25-9-5-7-11-27(25)30(28-12-8-6-10-26(28)29)24-17-21(3)14-22(4)18-24;1-19-13-20(2)16-27(15-19)25-9-5-23(6-10-25)24-7-11-26(12-8-24)28-17-21(3)14-22(4)18-28;1-10-11(2)14(5)19(15(6)12(10)3)20-16(7)13(4)17(8)21(18(20)9)22(23,24)25;1-15-9-16(2)12-21(11-15)19-5-7-20(8-6-19)22-13-17(3)10-18(4)14-22;1-11-3-7-13(8-4-11)17(15,16)14-9-5-12(2)6-10-14;1-7-9(5-13)11(15-3)8(2)12(16-4)10(7)6-14;1-7-4-9(3)10(6-11)5-8(7)2;/h5-18H,1-4H3;5-18H,1-4H3;1-9H3;5-14H,1-4H3;3-10H,1-2H3;1-2H3;4-5H,1-3H3;1H4. The van der Waals surface area contributed by atoms with Gasteiger partial charge in [-0.05, 0) is 406 Å². The normalized spacial score (nSPS) is 10.7. The Balaban J connectivity index is 0.000000169. The van der Waals surface area contributed by atoms with Crippen molar-refractivity contribution in [1.82, 2.24) is 0 Å². The van der Waals surface area contributed by atoms with Gasteiger partial charge in [-0.3, -0.25) is 0 Å². The first-order valence-electron chi connectivity index (χ1n) is 50.2. The molecular formula is C139H136F3N5O2S. The predicted octanol–water partition coefficient (Wildman–Crippen LogP) is 39.3. The van der Waals surface area contributed by atoms with Crippen LogP contribution < -0.4 is 0 Å². The Kier molecular flexibility index (Phi) is 37.2. The maximum atomic E-state index is 13.7. The number of hydrogen-bond acceptors (Lipinski definition) is 5. The second-order valence-corrected chi connectivity index (χ2v) is 42.2. The quantitative estimate of drug-likeness (QED) is 0.0999. The fourth-order valence-corrected chi connectivity index (χ4v) is 21.6. The van der Waals surface area contributed by atoms with Crippen molar-refractivity contribution in [2.24, 2.45) is 0 Å². The molecule has 11 heteroatoms. The Bertz CT molecular complexity index is 7870. The zero-order chi connectivity index (χ0) is 109. The van der Waals surface area contributed by atoms with E-state index in [9.17, 15) is 21.6 Å². The van der Waals surface area contributed by atoms with E-state index in [2.05, 4.69) is 357 Å². The van der Waals surface area contributed by atoms with E-state index < -0.39 is 21.6 Å². The van der Waals surface area contributed by atoms with Gasteiger partial charge in [0.05, 0.1) is 63.4 Å². The van der Waals surface area contributed by atoms with Gasteiger partial charge in [0.2, 0.25) is 9.84 Å². The summed E-state index contributed by atoms with van der Waals surface area (Å²) in [6, 6.07) is 109. The van der Waals surface area contributed by atoms with Crippen molar-refractivity contribution in [2.75, 3.05) is 0 Å². The first kappa shape index (κ1) is 114. The van der Waals surface area contributed by atoms with Gasteiger partial charge in [-0.2, -0.15) is 29.0 Å². The average molecular weight is 2000 g/mol. The summed E-state index contributed by atoms with van der Waals surface area (Å²) in [5.41, 5.74) is 50.9. The van der Waals surface area contributed by atoms with Crippen LogP contribution in [0, 0.1) is 241 Å². The SMILES string of the molecule is C.Cc1c(C)c(C)c(-c2c(C)c(C)c(C)c(C(F)(F)F)c2C)c(C)c1C.Cc1cc(C)c(C#N)cc1C.Cc1cc(C)cc(-c2c3ccccc3c(-c3cc(C)cc(C)c3)c3ccccc23)c1.Cc1cc(C)cc(-c2ccc(-c3cc(C)cc(C)c3)cc2)c1.Cc1cc(C)cc(-c2ccc(-c3ccc(-c4cc(C)cc(C)c4)cc3)cc2)c1.Cc1ccc(S(=O)(=O)c2ccc(C)cc2)cc1.[C-]#[N+]c1c(C)c([N+]#[C-])c(C#N)c(C)c1C#N. The van der Waals surface area contributed by atoms with E-state index in [4.69, 9.17) is 28.9 Å². The van der Waals surface area contributed by atoms with E-state index in [1.807, 2.05) is 72.7 Å². The van der Waals surface area contributed by atoms with Crippen molar-refractivity contribution in [1.29, 1.82) is 15.8 Å². The number of nitrogens with zero attached hydrogens (tertiary/aromatic N) is 5. The van der Waals surface area contributed by atoms with Crippen LogP contribution in [-0.2, 0) is 16.0 Å². The lowest BCUT2D eigenvalue weighted by molar-refractivity contribution is -0.138. The fraction of sp³-hybridized carbons (Fsp3) is 0.216. The molecule has 0 bridgehead atoms. The van der Waals surface area contributed by atoms with E-state index in [1.165, 1.54) is 183 Å². The summed E-state index contributed by atoms with van der Waals surface area (Å²) >= 11 is 0. The molecule has 0 amide bonds. The van der Waals surface area contributed by atoms with Crippen LogP contribution in [0.25, 0.3) is 120 Å². The topological polar surface area (TPSA) is 114 Å². The number of aryl methyl sites for hydroxylation is 17. The summed E-state index contributed by atoms with van der Waals surface area (Å²) in [4.78, 5) is 7.20. The molecule has 0 unspecified atom stereocenters. The molecule has 0 aliphatic heterocycles. The molecule has 0 atom stereocenters. The molecule has 0 radical (unpaired) electrons. The molecule has 18 aromatic carbocycles. The number of benzene rings is 18. The Morgan fingerprint density at radius 2 is 0.467 bits per heavy atom. The highest BCUT2D eigenvalue weighted by Crippen LogP contribution is 2.48. The van der Waals surface area contributed by atoms with Gasteiger partial charge in [0.15, 0.2) is 11.4 Å². The van der Waals surface area contributed by atoms with Gasteiger partial charge in [0.25, 0.3) is 0 Å². The predicted molar refractivity (Wildman–Crippen MR) is 627 cm³/mol. The molecule has 0 heterocycles. The van der Waals surface area contributed by atoms with Crippen molar-refractivity contribution in [3.05, 3.63) is 492 Å². The van der Waals surface area contributed by atoms with Crippen molar-refractivity contribution in [3.63, 3.8) is 0 Å². The third kappa shape index (κ3) is 26.4. The number of halogens is 3. The second kappa shape index (κ2) is 49.0. The number of nitriles is 3. The summed E-state index contributed by atoms with van der Waals surface area (Å²) in [6.45, 7) is 70.2. The average Bonchev–Trinajstić information content (AvgIpc) is 0.732. The molecule has 0 saturated heterocycles. The van der Waals surface area contributed by atoms with Crippen molar-refractivity contribution in [2.45, 2.75) is 217 Å². The molecule has 756 valence electrons. The van der Waals surface area contributed by atoms with Crippen LogP contribution in [0.15, 0.2) is 301 Å². The van der Waals surface area contributed by atoms with Crippen molar-refractivity contribution in [3.8, 4) is 107 Å². The highest BCUT2D eigenvalue weighted by molar-refractivity contribution is 7.91. The second-order valence-electron chi connectivity index (χ2n) is 40.2. The summed E-state index contributed by atoms with van der Waals surface area (Å²) in [5.74, 6) is 0. The largest absolute Gasteiger partial charge is 0.416 e. The maximum absolute atomic E-state index is 13.7. The Hall–Kier alpha value is -16.3. The minimum Gasteiger partial charge on any atom is -0.238 e. The van der Waals surface area contributed by atoms with Gasteiger partial charge in [0.1, 0.15) is 0 Å². The van der Waals surface area contributed by atoms with Crippen molar-refractivity contribution < 1.29 is 21.6 Å². The van der Waals surface area contributed by atoms with Gasteiger partial charge in [0, 0.05) is 0 Å². The van der Waals surface area contributed by atoms with Gasteiger partial charge in [-0.1, -0.05) is 353 Å². The molecule has 0 aliphatic rings. The van der Waals surface area contributed by atoms with Gasteiger partial charge in [-0.15, -0.1) is 0 Å². The number of hydrogen-bond donors (Lipinski definition) is 0. The lowest BCUT2D eigenvalue weighted by Gasteiger charge is -2.26. The highest BCUT2D eigenvalue weighted by atomic mass is 32.2. The minimum atomic E-state index is -4.35. The van der Waals surface area contributed by atoms with Crippen LogP contribution >= 0.6 is 0 Å². The number of alkyl halides is 3. The fourth-order valence-electron chi connectivity index (χ4n) is 20.3. The maximum Gasteiger partial charge on any atom is 0.416 e. The molecule has 0 spiro atoms. The number of fused-ring (bicyclic) bond motifs is 2. The van der Waals surface area contributed by atoms with Crippen LogP contribution in [0.2, 0.25) is 0 Å². The van der Waals surface area contributed by atoms with Crippen LogP contribution in [0.4, 0.5) is 24.5 Å². The van der Waals surface area contributed by atoms with E-state index >= 15 is 0 Å². The Morgan fingerprint density at radius 1 is 0.233 bits per heavy atom. The minimum absolute atomic E-state index is 0. The highest BCUT2D eigenvalue weighted by Gasteiger charge is 2.37. The monoisotopic (exact) mass is 2000 g/mol. The summed E-state index contributed by atoms with van der Waals surface area (Å²) in [6.07, 6.45) is -4.35. The molecule has 0 N–H and O–H groups in total. The molecule has 0 fully saturated rings. The molecule has 18 aromatic rings. The summed E-state index contributed by atoms with van der Waals surface area (Å²) in [5, 5.41) is 31.9. The van der Waals surface area contributed by atoms with Gasteiger partial charge >= 0.3 is 6.18 Å². The molecule has 18 rings (SSSR count). The van der Waals surface area contributed by atoms with Crippen LogP contribution in [0.3, 0.4) is 0 Å². The van der Waals surface area contributed by atoms with Gasteiger partial charge in [-0.25, -0.2) is 18.1 Å². The van der Waals surface area contributed by atoms with E-state index in [0.29, 0.717) is 32.0 Å². The third-order valence-electron chi connectivity index (χ3n) is 28.3. The summed E-state index contributed by atoms with van der Waals surface area (Å²) in [7, 11) is -3.37. The molecule has 0 saturated carbocycles. The molecule has 0 aromatic heterocycles. The molecule has 0 aliphatic carbocycles. The van der Waals surface area contributed by atoms with E-state index in [0.717, 1.165) is 66.8 Å². The third-order valence-corrected chi connectivity index (χ3v) is 30.1. The molecule has 7 nitrogen and oxygen atoms in total. The molecular weight excluding hydrogens is 1860 g/mol. The lowest BCUT2D eigenvalue weighted by atomic mass is 9.79. The Labute approximate surface area is 890 Å². The van der Waals surface area contributed by atoms with Crippen molar-refractivity contribution >= 4 is 42.8 Å². The Morgan fingerprint density at radius 3 is 0.713 bits per heavy atom. The zero-order valence-corrected chi connectivity index (χ0v) is 92.1. The van der Waals surface area contributed by atoms with E-state index in [-0.39, 0.29) is 29.9 Å². The summed E-state index contributed by atoms with van der Waals surface area (Å²) < 4.78 is 65.7. The number of rotatable bonds is 10. The smallest absolute Gasteiger partial charge is 0.238 e. The first-order chi connectivity index (χ1) is 70.6. The number of sulfone groups is 1. The van der Waals surface area contributed by atoms with Crippen LogP contribution in [0.5, 0.6) is 0 Å². The van der Waals surface area contributed by atoms with Gasteiger partial charge < -0.3 is 0 Å². The van der Waals surface area contributed by atoms with Crippen LogP contribution in [0.1, 0.15) is 185 Å². The first-order valence-corrected chi connectivity index (χ1v) is 51.7.